The number of benzene rings is 2. The maximum atomic E-state index is 11.9. The Morgan fingerprint density at radius 3 is 2.54 bits per heavy atom. The Bertz CT molecular complexity index is 1130. The molecule has 4 rings (SSSR count). The van der Waals surface area contributed by atoms with Crippen molar-refractivity contribution < 1.29 is 24.3 Å². The summed E-state index contributed by atoms with van der Waals surface area (Å²) in [6, 6.07) is 9.39. The van der Waals surface area contributed by atoms with E-state index in [2.05, 4.69) is 4.98 Å². The Labute approximate surface area is 159 Å². The van der Waals surface area contributed by atoms with E-state index >= 15 is 0 Å². The molecule has 1 aliphatic heterocycles. The van der Waals surface area contributed by atoms with Crippen molar-refractivity contribution >= 4 is 22.6 Å². The molecule has 0 saturated heterocycles. The van der Waals surface area contributed by atoms with E-state index in [1.807, 2.05) is 0 Å². The summed E-state index contributed by atoms with van der Waals surface area (Å²) in [5.41, 5.74) is 1.73. The Kier molecular flexibility index (Phi) is 4.31. The number of rotatable bonds is 3. The third kappa shape index (κ3) is 3.09. The van der Waals surface area contributed by atoms with Crippen molar-refractivity contribution in [3.8, 4) is 22.8 Å². The number of fused-ring (bicyclic) bond motifs is 2. The second kappa shape index (κ2) is 6.80. The lowest BCUT2D eigenvalue weighted by Gasteiger charge is -2.12. The highest BCUT2D eigenvalue weighted by molar-refractivity contribution is 6.04. The Morgan fingerprint density at radius 2 is 1.86 bits per heavy atom. The lowest BCUT2D eigenvalue weighted by atomic mass is 10.0. The summed E-state index contributed by atoms with van der Waals surface area (Å²) < 4.78 is 11.3. The molecular formula is C20H16N2O6. The molecule has 0 aliphatic carbocycles. The van der Waals surface area contributed by atoms with Crippen LogP contribution in [-0.4, -0.2) is 34.2 Å². The summed E-state index contributed by atoms with van der Waals surface area (Å²) in [5, 5.41) is 21.4. The van der Waals surface area contributed by atoms with Gasteiger partial charge in [-0.15, -0.1) is 0 Å². The Hall–Kier alpha value is -3.68. The van der Waals surface area contributed by atoms with Crippen LogP contribution in [0.2, 0.25) is 0 Å². The van der Waals surface area contributed by atoms with Crippen molar-refractivity contribution in [3.05, 3.63) is 57.6 Å². The fourth-order valence-corrected chi connectivity index (χ4v) is 3.17. The minimum atomic E-state index is -1.12. The number of aryl methyl sites for hydroxylation is 1. The van der Waals surface area contributed by atoms with Gasteiger partial charge in [0.1, 0.15) is 0 Å². The monoisotopic (exact) mass is 380 g/mol. The average molecular weight is 380 g/mol. The molecule has 1 aromatic heterocycles. The van der Waals surface area contributed by atoms with Gasteiger partial charge in [-0.3, -0.25) is 10.1 Å². The van der Waals surface area contributed by atoms with Gasteiger partial charge in [0.2, 0.25) is 0 Å². The van der Waals surface area contributed by atoms with Gasteiger partial charge in [-0.1, -0.05) is 12.1 Å². The first-order chi connectivity index (χ1) is 13.4. The van der Waals surface area contributed by atoms with Crippen LogP contribution in [0, 0.1) is 17.0 Å². The number of nitro groups is 1. The van der Waals surface area contributed by atoms with Crippen LogP contribution in [0.25, 0.3) is 22.2 Å². The van der Waals surface area contributed by atoms with Gasteiger partial charge in [0, 0.05) is 35.1 Å². The van der Waals surface area contributed by atoms with Crippen molar-refractivity contribution in [3.63, 3.8) is 0 Å². The normalized spacial score (nSPS) is 13.2. The number of aromatic nitrogens is 1. The molecule has 3 aromatic rings. The number of carboxylic acid groups (broad SMARTS) is 1. The molecule has 0 bridgehead atoms. The van der Waals surface area contributed by atoms with E-state index in [4.69, 9.17) is 9.47 Å². The lowest BCUT2D eigenvalue weighted by Crippen LogP contribution is -2.02. The van der Waals surface area contributed by atoms with Crippen LogP contribution < -0.4 is 9.47 Å². The second-order valence-corrected chi connectivity index (χ2v) is 6.49. The number of carboxylic acids is 1. The number of hydrogen-bond donors (Lipinski definition) is 1. The molecule has 0 atom stereocenters. The summed E-state index contributed by atoms with van der Waals surface area (Å²) in [5.74, 6) is -0.140. The standard InChI is InChI=1S/C20H16N2O6/c1-11-3-4-12(7-17(11)22(25)26)15-8-14(20(23)24)13-9-18-19(10-16(13)21-15)28-6-2-5-27-18/h3-4,7-10H,2,5-6H2,1H3,(H,23,24). The molecule has 0 amide bonds. The van der Waals surface area contributed by atoms with E-state index in [0.29, 0.717) is 52.4 Å². The highest BCUT2D eigenvalue weighted by Crippen LogP contribution is 2.36. The predicted octanol–water partition coefficient (Wildman–Crippen LogP) is 3.98. The fourth-order valence-electron chi connectivity index (χ4n) is 3.17. The van der Waals surface area contributed by atoms with Gasteiger partial charge in [-0.05, 0) is 19.1 Å². The predicted molar refractivity (Wildman–Crippen MR) is 101 cm³/mol. The molecule has 28 heavy (non-hydrogen) atoms. The molecule has 1 aliphatic rings. The first kappa shape index (κ1) is 17.7. The molecule has 0 spiro atoms. The molecule has 0 radical (unpaired) electrons. The van der Waals surface area contributed by atoms with Crippen molar-refractivity contribution in [2.75, 3.05) is 13.2 Å². The third-order valence-corrected chi connectivity index (χ3v) is 4.61. The fraction of sp³-hybridized carbons (Fsp3) is 0.200. The maximum absolute atomic E-state index is 11.9. The zero-order chi connectivity index (χ0) is 19.8. The molecule has 0 saturated carbocycles. The number of carbonyl (C=O) groups is 1. The van der Waals surface area contributed by atoms with Gasteiger partial charge < -0.3 is 14.6 Å². The van der Waals surface area contributed by atoms with E-state index in [9.17, 15) is 20.0 Å². The summed E-state index contributed by atoms with van der Waals surface area (Å²) in [6.45, 7) is 2.62. The van der Waals surface area contributed by atoms with Gasteiger partial charge in [-0.25, -0.2) is 9.78 Å². The number of pyridine rings is 1. The van der Waals surface area contributed by atoms with Crippen LogP contribution in [0.15, 0.2) is 36.4 Å². The molecule has 2 heterocycles. The Morgan fingerprint density at radius 1 is 1.14 bits per heavy atom. The van der Waals surface area contributed by atoms with E-state index < -0.39 is 10.9 Å². The van der Waals surface area contributed by atoms with Crippen molar-refractivity contribution in [2.45, 2.75) is 13.3 Å². The van der Waals surface area contributed by atoms with Gasteiger partial charge in [-0.2, -0.15) is 0 Å². The summed E-state index contributed by atoms with van der Waals surface area (Å²) >= 11 is 0. The quantitative estimate of drug-likeness (QED) is 0.540. The molecule has 142 valence electrons. The average Bonchev–Trinajstić information content (AvgIpc) is 2.90. The van der Waals surface area contributed by atoms with Crippen molar-refractivity contribution in [1.29, 1.82) is 0 Å². The number of nitrogens with zero attached hydrogens (tertiary/aromatic N) is 2. The number of nitro benzene ring substituents is 1. The van der Waals surface area contributed by atoms with Crippen LogP contribution in [0.1, 0.15) is 22.3 Å². The first-order valence-electron chi connectivity index (χ1n) is 8.67. The second-order valence-electron chi connectivity index (χ2n) is 6.49. The highest BCUT2D eigenvalue weighted by atomic mass is 16.6. The smallest absolute Gasteiger partial charge is 0.336 e. The van der Waals surface area contributed by atoms with E-state index in [-0.39, 0.29) is 11.3 Å². The van der Waals surface area contributed by atoms with Crippen LogP contribution in [0.3, 0.4) is 0 Å². The van der Waals surface area contributed by atoms with Crippen molar-refractivity contribution in [2.24, 2.45) is 0 Å². The van der Waals surface area contributed by atoms with Crippen LogP contribution in [-0.2, 0) is 0 Å². The summed E-state index contributed by atoms with van der Waals surface area (Å²) in [7, 11) is 0. The van der Waals surface area contributed by atoms with Crippen LogP contribution >= 0.6 is 0 Å². The minimum Gasteiger partial charge on any atom is -0.490 e. The topological polar surface area (TPSA) is 112 Å². The molecular weight excluding hydrogens is 364 g/mol. The van der Waals surface area contributed by atoms with E-state index in [0.717, 1.165) is 6.42 Å². The first-order valence-corrected chi connectivity index (χ1v) is 8.67. The maximum Gasteiger partial charge on any atom is 0.336 e. The molecule has 0 unspecified atom stereocenters. The molecule has 0 fully saturated rings. The third-order valence-electron chi connectivity index (χ3n) is 4.61. The highest BCUT2D eigenvalue weighted by Gasteiger charge is 2.20. The van der Waals surface area contributed by atoms with Crippen LogP contribution in [0.4, 0.5) is 5.69 Å². The van der Waals surface area contributed by atoms with Crippen molar-refractivity contribution in [1.82, 2.24) is 4.98 Å². The lowest BCUT2D eigenvalue weighted by molar-refractivity contribution is -0.385. The van der Waals surface area contributed by atoms with Gasteiger partial charge in [0.15, 0.2) is 11.5 Å². The SMILES string of the molecule is Cc1ccc(-c2cc(C(=O)O)c3cc4c(cc3n2)OCCCO4)cc1[N+](=O)[O-]. The molecule has 8 heteroatoms. The zero-order valence-electron chi connectivity index (χ0n) is 15.0. The van der Waals surface area contributed by atoms with Crippen LogP contribution in [0.5, 0.6) is 11.5 Å². The molecule has 2 aromatic carbocycles. The van der Waals surface area contributed by atoms with E-state index in [1.54, 1.807) is 31.2 Å². The number of ether oxygens (including phenoxy) is 2. The summed E-state index contributed by atoms with van der Waals surface area (Å²) in [4.78, 5) is 27.2. The molecule has 8 nitrogen and oxygen atoms in total. The van der Waals surface area contributed by atoms with Gasteiger partial charge in [0.25, 0.3) is 5.69 Å². The molecule has 1 N–H and O–H groups in total. The van der Waals surface area contributed by atoms with Gasteiger partial charge >= 0.3 is 5.97 Å². The van der Waals surface area contributed by atoms with Gasteiger partial charge in [0.05, 0.1) is 34.9 Å². The summed E-state index contributed by atoms with van der Waals surface area (Å²) in [6.07, 6.45) is 0.725. The number of hydrogen-bond acceptors (Lipinski definition) is 6. The zero-order valence-corrected chi connectivity index (χ0v) is 15.0. The number of aromatic carboxylic acids is 1. The largest absolute Gasteiger partial charge is 0.490 e. The minimum absolute atomic E-state index is 0.0406. The van der Waals surface area contributed by atoms with E-state index in [1.165, 1.54) is 12.1 Å². The Balaban J connectivity index is 1.94.